The molecular formula is C27H31N3O6. The van der Waals surface area contributed by atoms with E-state index in [0.29, 0.717) is 40.0 Å². The fraction of sp³-hybridized carbons (Fsp3) is 0.333. The summed E-state index contributed by atoms with van der Waals surface area (Å²) < 4.78 is 6.04. The number of urea groups is 1. The fourth-order valence-corrected chi connectivity index (χ4v) is 4.10. The summed E-state index contributed by atoms with van der Waals surface area (Å²) in [6.45, 7) is 5.09. The van der Waals surface area contributed by atoms with Crippen molar-refractivity contribution in [1.29, 1.82) is 0 Å². The Kier molecular flexibility index (Phi) is 8.83. The molecule has 0 atom stereocenters. The molecule has 0 saturated carbocycles. The number of nitrogens with one attached hydrogen (secondary N) is 1. The van der Waals surface area contributed by atoms with Gasteiger partial charge in [-0.3, -0.25) is 9.59 Å². The summed E-state index contributed by atoms with van der Waals surface area (Å²) >= 11 is 0. The molecule has 3 amide bonds. The Morgan fingerprint density at radius 1 is 1.06 bits per heavy atom. The number of piperidine rings is 1. The van der Waals surface area contributed by atoms with E-state index in [2.05, 4.69) is 5.32 Å². The summed E-state index contributed by atoms with van der Waals surface area (Å²) in [4.78, 5) is 47.5. The number of nitrogens with two attached hydrogens (primary N) is 1. The molecule has 190 valence electrons. The Bertz CT molecular complexity index is 1310. The average molecular weight is 494 g/mol. The lowest BCUT2D eigenvalue weighted by molar-refractivity contribution is -0.114. The number of aromatic carboxylic acids is 1. The lowest BCUT2D eigenvalue weighted by Gasteiger charge is -2.24. The first-order chi connectivity index (χ1) is 17.2. The molecule has 0 spiro atoms. The number of amides is 3. The molecule has 1 aliphatic rings. The van der Waals surface area contributed by atoms with Gasteiger partial charge in [0.05, 0.1) is 10.9 Å². The largest absolute Gasteiger partial charge is 0.478 e. The third-order valence-electron chi connectivity index (χ3n) is 5.87. The van der Waals surface area contributed by atoms with Gasteiger partial charge in [0.1, 0.15) is 11.3 Å². The first-order valence-corrected chi connectivity index (χ1v) is 12.0. The number of carboxylic acids is 1. The van der Waals surface area contributed by atoms with Gasteiger partial charge in [0.2, 0.25) is 5.91 Å². The van der Waals surface area contributed by atoms with E-state index in [4.69, 9.17) is 15.3 Å². The minimum absolute atomic E-state index is 0.121. The van der Waals surface area contributed by atoms with Gasteiger partial charge in [0.15, 0.2) is 5.43 Å². The molecule has 2 aromatic carbocycles. The normalized spacial score (nSPS) is 13.0. The van der Waals surface area contributed by atoms with Crippen LogP contribution < -0.4 is 16.5 Å². The highest BCUT2D eigenvalue weighted by atomic mass is 16.4. The topological polar surface area (TPSA) is 143 Å². The number of benzene rings is 2. The molecule has 4 N–H and O–H groups in total. The number of hydrogen-bond donors (Lipinski definition) is 3. The second kappa shape index (κ2) is 12.0. The third-order valence-corrected chi connectivity index (χ3v) is 5.87. The number of fused-ring (bicyclic) bond motifs is 1. The van der Waals surface area contributed by atoms with E-state index < -0.39 is 5.97 Å². The Hall–Kier alpha value is -4.14. The average Bonchev–Trinajstić information content (AvgIpc) is 2.86. The second-order valence-electron chi connectivity index (χ2n) is 8.65. The smallest absolute Gasteiger partial charge is 0.335 e. The van der Waals surface area contributed by atoms with Gasteiger partial charge < -0.3 is 25.5 Å². The van der Waals surface area contributed by atoms with Crippen LogP contribution in [0.25, 0.3) is 22.3 Å². The monoisotopic (exact) mass is 493 g/mol. The summed E-state index contributed by atoms with van der Waals surface area (Å²) in [7, 11) is 0. The van der Waals surface area contributed by atoms with Crippen molar-refractivity contribution in [2.75, 3.05) is 18.4 Å². The minimum Gasteiger partial charge on any atom is -0.478 e. The van der Waals surface area contributed by atoms with Crippen molar-refractivity contribution in [3.8, 4) is 11.3 Å². The number of carboxylic acid groups (broad SMARTS) is 1. The van der Waals surface area contributed by atoms with Crippen molar-refractivity contribution in [1.82, 2.24) is 4.90 Å². The summed E-state index contributed by atoms with van der Waals surface area (Å²) in [6.07, 6.45) is 4.78. The lowest BCUT2D eigenvalue weighted by Crippen LogP contribution is -2.39. The van der Waals surface area contributed by atoms with Crippen molar-refractivity contribution in [2.24, 2.45) is 5.73 Å². The SMILES string of the molecule is CCCc1c(-c2ccc(C(=O)O)cc2)oc2cc(NC(C)=O)ccc2c1=O.NC(=O)N1CCCCC1. The number of anilines is 1. The van der Waals surface area contributed by atoms with Gasteiger partial charge >= 0.3 is 12.0 Å². The van der Waals surface area contributed by atoms with Gasteiger partial charge in [-0.05, 0) is 49.9 Å². The summed E-state index contributed by atoms with van der Waals surface area (Å²) in [5.41, 5.74) is 7.18. The lowest BCUT2D eigenvalue weighted by atomic mass is 10.00. The quantitative estimate of drug-likeness (QED) is 0.473. The van der Waals surface area contributed by atoms with Gasteiger partial charge in [-0.1, -0.05) is 25.5 Å². The highest BCUT2D eigenvalue weighted by Gasteiger charge is 2.17. The van der Waals surface area contributed by atoms with Crippen LogP contribution >= 0.6 is 0 Å². The maximum Gasteiger partial charge on any atom is 0.335 e. The second-order valence-corrected chi connectivity index (χ2v) is 8.65. The molecule has 4 rings (SSSR count). The zero-order valence-electron chi connectivity index (χ0n) is 20.5. The predicted molar refractivity (Wildman–Crippen MR) is 138 cm³/mol. The van der Waals surface area contributed by atoms with Crippen LogP contribution in [0, 0.1) is 0 Å². The molecule has 9 heteroatoms. The Balaban J connectivity index is 0.000000338. The molecule has 36 heavy (non-hydrogen) atoms. The van der Waals surface area contributed by atoms with Crippen molar-refractivity contribution < 1.29 is 23.9 Å². The zero-order valence-corrected chi connectivity index (χ0v) is 20.5. The molecule has 0 radical (unpaired) electrons. The third kappa shape index (κ3) is 6.50. The zero-order chi connectivity index (χ0) is 26.2. The van der Waals surface area contributed by atoms with Crippen molar-refractivity contribution in [3.05, 3.63) is 63.8 Å². The Labute approximate surface area is 208 Å². The van der Waals surface area contributed by atoms with E-state index >= 15 is 0 Å². The van der Waals surface area contributed by atoms with Gasteiger partial charge in [0.25, 0.3) is 0 Å². The standard InChI is InChI=1S/C21H19NO5.C6H12N2O/c1-3-4-17-19(24)16-10-9-15(22-12(2)23)11-18(16)27-20(17)13-5-7-14(8-6-13)21(25)26;7-6(9)8-4-2-1-3-5-8/h5-11H,3-4H2,1-2H3,(H,22,23)(H,25,26);1-5H2,(H2,7,9). The van der Waals surface area contributed by atoms with Crippen LogP contribution in [0.4, 0.5) is 10.5 Å². The molecule has 0 aliphatic carbocycles. The van der Waals surface area contributed by atoms with Gasteiger partial charge in [-0.2, -0.15) is 0 Å². The number of carbonyl (C=O) groups excluding carboxylic acids is 2. The van der Waals surface area contributed by atoms with Gasteiger partial charge in [0, 0.05) is 42.9 Å². The molecule has 3 aromatic rings. The van der Waals surface area contributed by atoms with Crippen LogP contribution in [0.5, 0.6) is 0 Å². The van der Waals surface area contributed by atoms with Crippen LogP contribution in [0.2, 0.25) is 0 Å². The number of rotatable bonds is 5. The molecule has 2 heterocycles. The van der Waals surface area contributed by atoms with E-state index in [1.807, 2.05) is 6.92 Å². The van der Waals surface area contributed by atoms with Crippen LogP contribution in [-0.2, 0) is 11.2 Å². The molecule has 1 aromatic heterocycles. The number of nitrogens with zero attached hydrogens (tertiary/aromatic N) is 1. The van der Waals surface area contributed by atoms with Crippen LogP contribution in [0.15, 0.2) is 51.7 Å². The number of hydrogen-bond acceptors (Lipinski definition) is 5. The molecule has 9 nitrogen and oxygen atoms in total. The van der Waals surface area contributed by atoms with E-state index in [0.717, 1.165) is 32.4 Å². The Morgan fingerprint density at radius 2 is 1.72 bits per heavy atom. The van der Waals surface area contributed by atoms with Crippen molar-refractivity contribution in [2.45, 2.75) is 46.0 Å². The van der Waals surface area contributed by atoms with E-state index in [-0.39, 0.29) is 22.9 Å². The van der Waals surface area contributed by atoms with Crippen molar-refractivity contribution >= 4 is 34.6 Å². The number of carbonyl (C=O) groups is 3. The molecule has 0 bridgehead atoms. The fourth-order valence-electron chi connectivity index (χ4n) is 4.10. The molecule has 1 aliphatic heterocycles. The first kappa shape index (κ1) is 26.5. The highest BCUT2D eigenvalue weighted by molar-refractivity contribution is 5.92. The van der Waals surface area contributed by atoms with Crippen molar-refractivity contribution in [3.63, 3.8) is 0 Å². The van der Waals surface area contributed by atoms with Gasteiger partial charge in [-0.25, -0.2) is 9.59 Å². The van der Waals surface area contributed by atoms with Crippen LogP contribution in [-0.4, -0.2) is 41.0 Å². The summed E-state index contributed by atoms with van der Waals surface area (Å²) in [5.74, 6) is -0.815. The highest BCUT2D eigenvalue weighted by Crippen LogP contribution is 2.28. The molecule has 0 unspecified atom stereocenters. The van der Waals surface area contributed by atoms with E-state index in [1.165, 1.54) is 25.5 Å². The summed E-state index contributed by atoms with van der Waals surface area (Å²) in [6, 6.07) is 10.9. The summed E-state index contributed by atoms with van der Waals surface area (Å²) in [5, 5.41) is 12.2. The number of likely N-dealkylation sites (tertiary alicyclic amines) is 1. The maximum absolute atomic E-state index is 13.0. The first-order valence-electron chi connectivity index (χ1n) is 12.0. The minimum atomic E-state index is -1.02. The molecule has 1 saturated heterocycles. The predicted octanol–water partition coefficient (Wildman–Crippen LogP) is 4.62. The van der Waals surface area contributed by atoms with Crippen LogP contribution in [0.1, 0.15) is 55.5 Å². The van der Waals surface area contributed by atoms with Crippen LogP contribution in [0.3, 0.4) is 0 Å². The molecule has 1 fully saturated rings. The maximum atomic E-state index is 13.0. The molecular weight excluding hydrogens is 462 g/mol. The Morgan fingerprint density at radius 3 is 2.25 bits per heavy atom. The van der Waals surface area contributed by atoms with Gasteiger partial charge in [-0.15, -0.1) is 0 Å². The van der Waals surface area contributed by atoms with E-state index in [1.54, 1.807) is 35.2 Å². The number of primary amides is 1. The van der Waals surface area contributed by atoms with E-state index in [9.17, 15) is 19.2 Å².